The van der Waals surface area contributed by atoms with Crippen LogP contribution in [0.2, 0.25) is 15.1 Å². The predicted octanol–water partition coefficient (Wildman–Crippen LogP) is 9.28. The van der Waals surface area contributed by atoms with Crippen molar-refractivity contribution in [2.75, 3.05) is 6.61 Å². The molecular weight excluding hydrogens is 655 g/mol. The molecule has 0 saturated carbocycles. The van der Waals surface area contributed by atoms with Crippen molar-refractivity contribution in [1.29, 1.82) is 5.26 Å². The van der Waals surface area contributed by atoms with Crippen LogP contribution in [0, 0.1) is 11.3 Å². The molecule has 0 amide bonds. The lowest BCUT2D eigenvalue weighted by atomic mass is 9.83. The van der Waals surface area contributed by atoms with Gasteiger partial charge in [0, 0.05) is 37.3 Å². The van der Waals surface area contributed by atoms with Crippen LogP contribution in [-0.2, 0) is 6.61 Å². The van der Waals surface area contributed by atoms with E-state index in [4.69, 9.17) is 59.5 Å². The molecule has 0 fully saturated rings. The summed E-state index contributed by atoms with van der Waals surface area (Å²) in [5, 5.41) is 12.2. The third kappa shape index (κ3) is 6.13. The summed E-state index contributed by atoms with van der Waals surface area (Å²) in [6.07, 6.45) is 0. The van der Waals surface area contributed by atoms with E-state index in [1.807, 2.05) is 37.3 Å². The highest BCUT2D eigenvalue weighted by Gasteiger charge is 2.32. The molecule has 7 nitrogen and oxygen atoms in total. The van der Waals surface area contributed by atoms with Crippen LogP contribution in [0.1, 0.15) is 39.2 Å². The first-order valence-electron chi connectivity index (χ1n) is 13.7. The topological polar surface area (TPSA) is 104 Å². The van der Waals surface area contributed by atoms with Gasteiger partial charge in [0.15, 0.2) is 11.5 Å². The summed E-state index contributed by atoms with van der Waals surface area (Å²) >= 11 is 20.1. The summed E-state index contributed by atoms with van der Waals surface area (Å²) in [5.74, 6) is 0.316. The Labute approximate surface area is 277 Å². The maximum absolute atomic E-state index is 13.1. The summed E-state index contributed by atoms with van der Waals surface area (Å²) < 4.78 is 24.3. The summed E-state index contributed by atoms with van der Waals surface area (Å²) in [6.45, 7) is 2.51. The number of nitriles is 1. The highest BCUT2D eigenvalue weighted by Crippen LogP contribution is 2.46. The number of esters is 1. The molecule has 11 heteroatoms. The molecule has 0 saturated heterocycles. The fourth-order valence-electron chi connectivity index (χ4n) is 5.03. The minimum Gasteiger partial charge on any atom is -0.490 e. The van der Waals surface area contributed by atoms with Crippen LogP contribution in [0.15, 0.2) is 90.3 Å². The van der Waals surface area contributed by atoms with Crippen molar-refractivity contribution in [2.24, 2.45) is 5.73 Å². The molecule has 1 aromatic heterocycles. The van der Waals surface area contributed by atoms with E-state index >= 15 is 0 Å². The molecule has 0 bridgehead atoms. The number of nitrogens with zero attached hydrogens (tertiary/aromatic N) is 1. The van der Waals surface area contributed by atoms with Crippen molar-refractivity contribution >= 4 is 62.2 Å². The Hall–Kier alpha value is -4.39. The highest BCUT2D eigenvalue weighted by molar-refractivity contribution is 7.21. The predicted molar refractivity (Wildman–Crippen MR) is 176 cm³/mol. The Morgan fingerprint density at radius 1 is 1.00 bits per heavy atom. The lowest BCUT2D eigenvalue weighted by molar-refractivity contribution is 0.0740. The van der Waals surface area contributed by atoms with Gasteiger partial charge >= 0.3 is 5.97 Å². The standard InChI is InChI=1S/C34H23Cl3N2O5S/c1-2-41-28-13-18(7-12-26(28)42-17-19-5-3-4-6-25(19)36)30-22-11-9-21(15-27(22)44-33(39)24(30)16-38)43-34(40)32-31(37)23-10-8-20(35)14-29(23)45-32/h3-15,30H,2,17,39H2,1H3. The molecule has 4 aromatic carbocycles. The zero-order chi connectivity index (χ0) is 31.7. The average Bonchev–Trinajstić information content (AvgIpc) is 3.35. The third-order valence-electron chi connectivity index (χ3n) is 7.12. The van der Waals surface area contributed by atoms with Crippen LogP contribution < -0.4 is 24.7 Å². The van der Waals surface area contributed by atoms with Gasteiger partial charge < -0.3 is 24.7 Å². The number of carbonyl (C=O) groups excluding carboxylic acids is 1. The quantitative estimate of drug-likeness (QED) is 0.129. The molecule has 1 unspecified atom stereocenters. The number of rotatable bonds is 8. The van der Waals surface area contributed by atoms with Crippen molar-refractivity contribution < 1.29 is 23.7 Å². The van der Waals surface area contributed by atoms with Gasteiger partial charge in [-0.1, -0.05) is 71.2 Å². The maximum atomic E-state index is 13.1. The van der Waals surface area contributed by atoms with Gasteiger partial charge in [-0.3, -0.25) is 0 Å². The van der Waals surface area contributed by atoms with Crippen LogP contribution >= 0.6 is 46.1 Å². The number of fused-ring (bicyclic) bond motifs is 2. The van der Waals surface area contributed by atoms with E-state index in [-0.39, 0.29) is 28.7 Å². The molecule has 1 aliphatic heterocycles. The molecule has 1 aliphatic rings. The van der Waals surface area contributed by atoms with Gasteiger partial charge in [0.1, 0.15) is 34.6 Å². The molecule has 0 radical (unpaired) electrons. The number of halogens is 3. The Balaban J connectivity index is 1.30. The molecular formula is C34H23Cl3N2O5S. The molecule has 1 atom stereocenters. The fraction of sp³-hybridized carbons (Fsp3) is 0.118. The number of carbonyl (C=O) groups is 1. The van der Waals surface area contributed by atoms with E-state index in [0.29, 0.717) is 49.9 Å². The van der Waals surface area contributed by atoms with Crippen LogP contribution in [0.25, 0.3) is 10.1 Å². The fourth-order valence-corrected chi connectivity index (χ4v) is 6.88. The van der Waals surface area contributed by atoms with Gasteiger partial charge in [0.05, 0.1) is 17.5 Å². The summed E-state index contributed by atoms with van der Waals surface area (Å²) in [5.41, 5.74) is 8.69. The Morgan fingerprint density at radius 3 is 2.60 bits per heavy atom. The zero-order valence-electron chi connectivity index (χ0n) is 23.6. The maximum Gasteiger partial charge on any atom is 0.355 e. The van der Waals surface area contributed by atoms with E-state index in [0.717, 1.165) is 15.8 Å². The Bertz CT molecular complexity index is 2030. The number of hydrogen-bond acceptors (Lipinski definition) is 8. The number of ether oxygens (including phenoxy) is 4. The molecule has 45 heavy (non-hydrogen) atoms. The van der Waals surface area contributed by atoms with Gasteiger partial charge in [-0.15, -0.1) is 11.3 Å². The molecule has 5 aromatic rings. The van der Waals surface area contributed by atoms with Crippen LogP contribution in [-0.4, -0.2) is 12.6 Å². The number of hydrogen-bond donors (Lipinski definition) is 1. The lowest BCUT2D eigenvalue weighted by Crippen LogP contribution is -2.21. The first-order valence-corrected chi connectivity index (χ1v) is 15.7. The number of thiophene rings is 1. The lowest BCUT2D eigenvalue weighted by Gasteiger charge is -2.27. The minimum atomic E-state index is -0.625. The Kier molecular flexibility index (Phi) is 8.79. The van der Waals surface area contributed by atoms with Crippen molar-refractivity contribution in [3.63, 3.8) is 0 Å². The van der Waals surface area contributed by atoms with Crippen molar-refractivity contribution in [3.8, 4) is 29.1 Å². The number of benzene rings is 4. The van der Waals surface area contributed by atoms with Crippen LogP contribution in [0.5, 0.6) is 23.0 Å². The third-order valence-corrected chi connectivity index (χ3v) is 9.36. The van der Waals surface area contributed by atoms with E-state index in [2.05, 4.69) is 6.07 Å². The van der Waals surface area contributed by atoms with Gasteiger partial charge in [-0.05, 0) is 48.9 Å². The van der Waals surface area contributed by atoms with Gasteiger partial charge in [0.2, 0.25) is 5.88 Å². The largest absolute Gasteiger partial charge is 0.490 e. The van der Waals surface area contributed by atoms with E-state index < -0.39 is 11.9 Å². The summed E-state index contributed by atoms with van der Waals surface area (Å²) in [4.78, 5) is 13.4. The summed E-state index contributed by atoms with van der Waals surface area (Å²) in [6, 6.07) is 25.2. The van der Waals surface area contributed by atoms with E-state index in [9.17, 15) is 10.1 Å². The number of nitrogens with two attached hydrogens (primary N) is 1. The van der Waals surface area contributed by atoms with Crippen molar-refractivity contribution in [1.82, 2.24) is 0 Å². The van der Waals surface area contributed by atoms with Gasteiger partial charge in [-0.2, -0.15) is 5.26 Å². The number of allylic oxidation sites excluding steroid dienone is 1. The van der Waals surface area contributed by atoms with Crippen molar-refractivity contribution in [3.05, 3.63) is 127 Å². The van der Waals surface area contributed by atoms with Gasteiger partial charge in [0.25, 0.3) is 0 Å². The monoisotopic (exact) mass is 676 g/mol. The van der Waals surface area contributed by atoms with Gasteiger partial charge in [-0.25, -0.2) is 4.79 Å². The molecule has 226 valence electrons. The molecule has 2 N–H and O–H groups in total. The Morgan fingerprint density at radius 2 is 1.82 bits per heavy atom. The molecule has 0 aliphatic carbocycles. The van der Waals surface area contributed by atoms with E-state index in [1.165, 1.54) is 11.3 Å². The normalized spacial score (nSPS) is 14.0. The van der Waals surface area contributed by atoms with Crippen LogP contribution in [0.4, 0.5) is 0 Å². The summed E-state index contributed by atoms with van der Waals surface area (Å²) in [7, 11) is 0. The SMILES string of the molecule is CCOc1cc(C2C(C#N)=C(N)Oc3cc(OC(=O)c4sc5cc(Cl)ccc5c4Cl)ccc32)ccc1OCc1ccccc1Cl. The second-order valence-electron chi connectivity index (χ2n) is 9.92. The smallest absolute Gasteiger partial charge is 0.355 e. The molecule has 6 rings (SSSR count). The van der Waals surface area contributed by atoms with Crippen LogP contribution in [0.3, 0.4) is 0 Å². The molecule has 2 heterocycles. The first kappa shape index (κ1) is 30.6. The molecule has 0 spiro atoms. The second-order valence-corrected chi connectivity index (χ2v) is 12.2. The van der Waals surface area contributed by atoms with E-state index in [1.54, 1.807) is 48.5 Å². The first-order chi connectivity index (χ1) is 21.8. The second kappa shape index (κ2) is 12.9. The highest BCUT2D eigenvalue weighted by atomic mass is 35.5. The van der Waals surface area contributed by atoms with Crippen molar-refractivity contribution in [2.45, 2.75) is 19.4 Å². The zero-order valence-corrected chi connectivity index (χ0v) is 26.7. The minimum absolute atomic E-state index is 0.0556. The average molecular weight is 678 g/mol.